The highest BCUT2D eigenvalue weighted by atomic mass is 32.2. The van der Waals surface area contributed by atoms with Crippen LogP contribution in [-0.4, -0.2) is 24.8 Å². The molecule has 1 aliphatic carbocycles. The maximum Gasteiger partial charge on any atom is 0.234 e. The predicted octanol–water partition coefficient (Wildman–Crippen LogP) is 5.18. The number of fused-ring (bicyclic) bond motifs is 1. The van der Waals surface area contributed by atoms with E-state index in [0.29, 0.717) is 5.92 Å². The Morgan fingerprint density at radius 1 is 1.20 bits per heavy atom. The standard InChI is InChI=1S/C24H32N2O2S2/c1-19(21-10-6-3-7-11-21)25-30(27,28)15-13-24-23-18-29-14-12-22(23)17-26(24)16-20-8-4-2-5-9-20/h2,4-5,8-9,13,15,17,19,21,25H,3,6-7,10-12,14,16,18H2,1H3/b15-13+/t19-/m1/s1. The van der Waals surface area contributed by atoms with E-state index in [9.17, 15) is 8.42 Å². The third-order valence-electron chi connectivity index (χ3n) is 6.39. The average molecular weight is 445 g/mol. The van der Waals surface area contributed by atoms with Crippen LogP contribution in [0.25, 0.3) is 6.08 Å². The fraction of sp³-hybridized carbons (Fsp3) is 0.500. The number of nitrogens with zero attached hydrogens (tertiary/aromatic N) is 1. The minimum absolute atomic E-state index is 0.0134. The summed E-state index contributed by atoms with van der Waals surface area (Å²) >= 11 is 1.92. The second-order valence-electron chi connectivity index (χ2n) is 8.59. The zero-order valence-electron chi connectivity index (χ0n) is 17.7. The molecule has 0 amide bonds. The van der Waals surface area contributed by atoms with Crippen molar-refractivity contribution in [3.63, 3.8) is 0 Å². The number of aryl methyl sites for hydroxylation is 1. The monoisotopic (exact) mass is 444 g/mol. The lowest BCUT2D eigenvalue weighted by atomic mass is 9.85. The molecule has 1 fully saturated rings. The Kier molecular flexibility index (Phi) is 7.06. The average Bonchev–Trinajstić information content (AvgIpc) is 3.10. The molecule has 1 N–H and O–H groups in total. The Morgan fingerprint density at radius 3 is 2.73 bits per heavy atom. The van der Waals surface area contributed by atoms with Gasteiger partial charge in [0.1, 0.15) is 0 Å². The lowest BCUT2D eigenvalue weighted by molar-refractivity contribution is 0.303. The molecule has 162 valence electrons. The van der Waals surface area contributed by atoms with Crippen molar-refractivity contribution in [3.05, 3.63) is 64.3 Å². The van der Waals surface area contributed by atoms with E-state index in [1.807, 2.05) is 43.0 Å². The number of hydrogen-bond acceptors (Lipinski definition) is 3. The van der Waals surface area contributed by atoms with Gasteiger partial charge in [-0.1, -0.05) is 49.6 Å². The summed E-state index contributed by atoms with van der Waals surface area (Å²) in [5, 5.41) is 1.38. The van der Waals surface area contributed by atoms with E-state index in [2.05, 4.69) is 27.6 Å². The van der Waals surface area contributed by atoms with Crippen molar-refractivity contribution in [3.8, 4) is 0 Å². The lowest BCUT2D eigenvalue weighted by Gasteiger charge is -2.27. The molecule has 30 heavy (non-hydrogen) atoms. The first-order valence-electron chi connectivity index (χ1n) is 11.0. The molecule has 0 spiro atoms. The van der Waals surface area contributed by atoms with E-state index in [1.165, 1.54) is 41.4 Å². The Hall–Kier alpha value is -1.50. The molecule has 2 heterocycles. The van der Waals surface area contributed by atoms with Gasteiger partial charge < -0.3 is 4.57 Å². The summed E-state index contributed by atoms with van der Waals surface area (Å²) < 4.78 is 30.7. The molecule has 6 heteroatoms. The summed E-state index contributed by atoms with van der Waals surface area (Å²) in [6.07, 6.45) is 11.0. The van der Waals surface area contributed by atoms with Crippen molar-refractivity contribution in [2.75, 3.05) is 5.75 Å². The van der Waals surface area contributed by atoms with Crippen LogP contribution in [0.5, 0.6) is 0 Å². The maximum atomic E-state index is 12.8. The van der Waals surface area contributed by atoms with E-state index in [4.69, 9.17) is 0 Å². The fourth-order valence-electron chi connectivity index (χ4n) is 4.70. The van der Waals surface area contributed by atoms with Crippen LogP contribution in [0.2, 0.25) is 0 Å². The fourth-order valence-corrected chi connectivity index (χ4v) is 6.85. The smallest absolute Gasteiger partial charge is 0.234 e. The molecule has 1 saturated carbocycles. The van der Waals surface area contributed by atoms with Gasteiger partial charge in [0.25, 0.3) is 0 Å². The number of rotatable bonds is 7. The normalized spacial score (nSPS) is 19.1. The molecule has 1 aromatic carbocycles. The van der Waals surface area contributed by atoms with E-state index < -0.39 is 10.0 Å². The Balaban J connectivity index is 1.54. The van der Waals surface area contributed by atoms with E-state index in [1.54, 1.807) is 0 Å². The van der Waals surface area contributed by atoms with Gasteiger partial charge in [0.05, 0.1) is 0 Å². The molecule has 0 radical (unpaired) electrons. The number of benzene rings is 1. The van der Waals surface area contributed by atoms with Crippen LogP contribution in [0.4, 0.5) is 0 Å². The zero-order valence-corrected chi connectivity index (χ0v) is 19.4. The first-order valence-corrected chi connectivity index (χ1v) is 13.7. The van der Waals surface area contributed by atoms with Crippen molar-refractivity contribution in [1.29, 1.82) is 0 Å². The zero-order chi connectivity index (χ0) is 21.0. The molecule has 2 aromatic rings. The minimum atomic E-state index is -3.47. The molecule has 1 aromatic heterocycles. The van der Waals surface area contributed by atoms with Crippen LogP contribution in [0.3, 0.4) is 0 Å². The maximum absolute atomic E-state index is 12.8. The lowest BCUT2D eigenvalue weighted by Crippen LogP contribution is -2.37. The van der Waals surface area contributed by atoms with Crippen molar-refractivity contribution in [2.24, 2.45) is 5.92 Å². The third-order valence-corrected chi connectivity index (χ3v) is 8.57. The van der Waals surface area contributed by atoms with E-state index in [0.717, 1.165) is 43.0 Å². The molecule has 0 bridgehead atoms. The van der Waals surface area contributed by atoms with Crippen LogP contribution >= 0.6 is 11.8 Å². The first-order chi connectivity index (χ1) is 14.5. The molecular formula is C24H32N2O2S2. The summed E-state index contributed by atoms with van der Waals surface area (Å²) in [5.74, 6) is 2.53. The minimum Gasteiger partial charge on any atom is -0.343 e. The van der Waals surface area contributed by atoms with Crippen LogP contribution in [0.15, 0.2) is 41.9 Å². The van der Waals surface area contributed by atoms with Gasteiger partial charge in [-0.15, -0.1) is 0 Å². The molecular weight excluding hydrogens is 412 g/mol. The number of nitrogens with one attached hydrogen (secondary N) is 1. The molecule has 2 aliphatic rings. The Bertz CT molecular complexity index is 974. The third kappa shape index (κ3) is 5.40. The number of aromatic nitrogens is 1. The quantitative estimate of drug-likeness (QED) is 0.640. The summed E-state index contributed by atoms with van der Waals surface area (Å²) in [6.45, 7) is 2.77. The van der Waals surface area contributed by atoms with Crippen molar-refractivity contribution >= 4 is 27.9 Å². The van der Waals surface area contributed by atoms with Crippen molar-refractivity contribution < 1.29 is 8.42 Å². The molecule has 1 atom stereocenters. The second-order valence-corrected chi connectivity index (χ2v) is 11.3. The van der Waals surface area contributed by atoms with Gasteiger partial charge in [-0.2, -0.15) is 11.8 Å². The predicted molar refractivity (Wildman–Crippen MR) is 127 cm³/mol. The van der Waals surface area contributed by atoms with Crippen LogP contribution in [-0.2, 0) is 28.7 Å². The van der Waals surface area contributed by atoms with Crippen LogP contribution < -0.4 is 4.72 Å². The molecule has 4 rings (SSSR count). The van der Waals surface area contributed by atoms with Gasteiger partial charge in [0.2, 0.25) is 10.0 Å². The van der Waals surface area contributed by atoms with Crippen LogP contribution in [0, 0.1) is 5.92 Å². The van der Waals surface area contributed by atoms with Gasteiger partial charge in [-0.25, -0.2) is 13.1 Å². The summed E-state index contributed by atoms with van der Waals surface area (Å²) in [5.41, 5.74) is 4.88. The summed E-state index contributed by atoms with van der Waals surface area (Å²) in [4.78, 5) is 0. The van der Waals surface area contributed by atoms with Crippen molar-refractivity contribution in [2.45, 2.75) is 63.8 Å². The van der Waals surface area contributed by atoms with Gasteiger partial charge in [0.15, 0.2) is 0 Å². The first kappa shape index (κ1) is 21.7. The number of sulfonamides is 1. The molecule has 4 nitrogen and oxygen atoms in total. The van der Waals surface area contributed by atoms with Gasteiger partial charge in [-0.05, 0) is 60.6 Å². The topological polar surface area (TPSA) is 51.1 Å². The summed E-state index contributed by atoms with van der Waals surface area (Å²) in [6, 6.07) is 10.3. The Labute approximate surface area is 185 Å². The Morgan fingerprint density at radius 2 is 1.97 bits per heavy atom. The SMILES string of the molecule is C[C@@H](NS(=O)(=O)/C=C/c1c2c(cn1Cc1ccccc1)CCSC2)C1CCCCC1. The molecule has 0 unspecified atom stereocenters. The second kappa shape index (κ2) is 9.75. The highest BCUT2D eigenvalue weighted by Gasteiger charge is 2.23. The molecule has 0 saturated heterocycles. The van der Waals surface area contributed by atoms with E-state index in [-0.39, 0.29) is 6.04 Å². The number of hydrogen-bond donors (Lipinski definition) is 1. The van der Waals surface area contributed by atoms with Gasteiger partial charge in [-0.3, -0.25) is 0 Å². The summed E-state index contributed by atoms with van der Waals surface area (Å²) in [7, 11) is -3.47. The van der Waals surface area contributed by atoms with E-state index >= 15 is 0 Å². The highest BCUT2D eigenvalue weighted by Crippen LogP contribution is 2.31. The number of thioether (sulfide) groups is 1. The molecule has 1 aliphatic heterocycles. The largest absolute Gasteiger partial charge is 0.343 e. The van der Waals surface area contributed by atoms with Gasteiger partial charge >= 0.3 is 0 Å². The highest BCUT2D eigenvalue weighted by molar-refractivity contribution is 7.98. The van der Waals surface area contributed by atoms with Gasteiger partial charge in [0, 0.05) is 35.6 Å². The van der Waals surface area contributed by atoms with Crippen LogP contribution in [0.1, 0.15) is 61.4 Å². The van der Waals surface area contributed by atoms with Crippen molar-refractivity contribution in [1.82, 2.24) is 9.29 Å².